The van der Waals surface area contributed by atoms with Crippen molar-refractivity contribution in [2.75, 3.05) is 5.73 Å². The molecule has 0 aliphatic carbocycles. The lowest BCUT2D eigenvalue weighted by molar-refractivity contribution is 0.00659. The number of anilines is 1. The number of esters is 1. The quantitative estimate of drug-likeness (QED) is 0.590. The summed E-state index contributed by atoms with van der Waals surface area (Å²) in [6.07, 6.45) is 0. The molecule has 0 unspecified atom stereocenters. The molecule has 0 aromatic heterocycles. The number of benzene rings is 1. The Hall–Kier alpha value is -1.58. The Labute approximate surface area is 94.4 Å². The van der Waals surface area contributed by atoms with Crippen molar-refractivity contribution in [2.24, 2.45) is 0 Å². The highest BCUT2D eigenvalue weighted by Gasteiger charge is 2.23. The van der Waals surface area contributed by atoms with Gasteiger partial charge < -0.3 is 10.5 Å². The van der Waals surface area contributed by atoms with Gasteiger partial charge in [0.25, 0.3) is 0 Å². The van der Waals surface area contributed by atoms with Gasteiger partial charge >= 0.3 is 5.97 Å². The van der Waals surface area contributed by atoms with Crippen LogP contribution in [0.15, 0.2) is 12.1 Å². The van der Waals surface area contributed by atoms with Crippen LogP contribution in [0.5, 0.6) is 0 Å². The Kier molecular flexibility index (Phi) is 3.21. The summed E-state index contributed by atoms with van der Waals surface area (Å²) in [7, 11) is 0. The Morgan fingerprint density at radius 1 is 1.38 bits per heavy atom. The summed E-state index contributed by atoms with van der Waals surface area (Å²) in [5.74, 6) is -1.35. The van der Waals surface area contributed by atoms with E-state index in [9.17, 15) is 9.18 Å². The van der Waals surface area contributed by atoms with Gasteiger partial charge in [0.1, 0.15) is 17.0 Å². The van der Waals surface area contributed by atoms with Gasteiger partial charge in [-0.25, -0.2) is 9.18 Å². The Morgan fingerprint density at radius 2 is 1.94 bits per heavy atom. The molecule has 3 nitrogen and oxygen atoms in total. The second kappa shape index (κ2) is 4.12. The summed E-state index contributed by atoms with van der Waals surface area (Å²) in [5.41, 5.74) is 5.18. The number of rotatable bonds is 1. The number of halogens is 1. The van der Waals surface area contributed by atoms with Crippen molar-refractivity contribution >= 4 is 11.7 Å². The predicted molar refractivity (Wildman–Crippen MR) is 60.7 cm³/mol. The van der Waals surface area contributed by atoms with Gasteiger partial charge in [0.05, 0.1) is 0 Å². The number of ether oxygens (including phenoxy) is 1. The van der Waals surface area contributed by atoms with Gasteiger partial charge in [-0.1, -0.05) is 6.07 Å². The van der Waals surface area contributed by atoms with Crippen LogP contribution in [0.3, 0.4) is 0 Å². The maximum atomic E-state index is 13.7. The second-order valence-electron chi connectivity index (χ2n) is 4.66. The number of nitrogen functional groups attached to an aromatic ring is 1. The molecule has 0 saturated carbocycles. The maximum absolute atomic E-state index is 13.7. The molecule has 1 aromatic rings. The Bertz CT molecular complexity index is 422. The van der Waals surface area contributed by atoms with E-state index >= 15 is 0 Å². The Balaban J connectivity index is 3.14. The van der Waals surface area contributed by atoms with Gasteiger partial charge in [-0.3, -0.25) is 0 Å². The van der Waals surface area contributed by atoms with Crippen molar-refractivity contribution in [3.8, 4) is 0 Å². The van der Waals surface area contributed by atoms with Crippen LogP contribution >= 0.6 is 0 Å². The van der Waals surface area contributed by atoms with Crippen molar-refractivity contribution < 1.29 is 13.9 Å². The summed E-state index contributed by atoms with van der Waals surface area (Å²) in [6.45, 7) is 6.72. The van der Waals surface area contributed by atoms with Crippen LogP contribution in [0.2, 0.25) is 0 Å². The molecule has 0 bridgehead atoms. The third kappa shape index (κ3) is 2.72. The fraction of sp³-hybridized carbons (Fsp3) is 0.417. The first-order chi connectivity index (χ1) is 7.22. The smallest absolute Gasteiger partial charge is 0.343 e. The number of aryl methyl sites for hydroxylation is 1. The third-order valence-corrected chi connectivity index (χ3v) is 1.97. The van der Waals surface area contributed by atoms with Crippen LogP contribution < -0.4 is 5.73 Å². The summed E-state index contributed by atoms with van der Waals surface area (Å²) in [5, 5.41) is 0. The first-order valence-corrected chi connectivity index (χ1v) is 5.00. The van der Waals surface area contributed by atoms with Crippen molar-refractivity contribution in [3.05, 3.63) is 29.1 Å². The van der Waals surface area contributed by atoms with Crippen molar-refractivity contribution in [1.82, 2.24) is 0 Å². The minimum atomic E-state index is -0.730. The zero-order valence-electron chi connectivity index (χ0n) is 9.93. The fourth-order valence-electron chi connectivity index (χ4n) is 1.23. The maximum Gasteiger partial charge on any atom is 0.343 e. The molecule has 0 atom stereocenters. The van der Waals surface area contributed by atoms with Gasteiger partial charge in [-0.2, -0.15) is 0 Å². The first kappa shape index (κ1) is 12.5. The van der Waals surface area contributed by atoms with E-state index in [4.69, 9.17) is 10.5 Å². The van der Waals surface area contributed by atoms with E-state index in [1.807, 2.05) is 0 Å². The van der Waals surface area contributed by atoms with Crippen molar-refractivity contribution in [2.45, 2.75) is 33.3 Å². The number of hydrogen-bond donors (Lipinski definition) is 1. The standard InChI is InChI=1S/C12H16FNO2/c1-7-5-6-8(14)9(10(7)13)11(15)16-12(2,3)4/h5-6H,14H2,1-4H3. The first-order valence-electron chi connectivity index (χ1n) is 5.00. The van der Waals surface area contributed by atoms with E-state index in [1.54, 1.807) is 27.7 Å². The lowest BCUT2D eigenvalue weighted by atomic mass is 10.1. The molecule has 0 aliphatic rings. The topological polar surface area (TPSA) is 52.3 Å². The normalized spacial score (nSPS) is 11.3. The molecule has 1 aromatic carbocycles. The summed E-state index contributed by atoms with van der Waals surface area (Å²) < 4.78 is 18.8. The molecule has 0 heterocycles. The SMILES string of the molecule is Cc1ccc(N)c(C(=O)OC(C)(C)C)c1F. The molecular weight excluding hydrogens is 209 g/mol. The highest BCUT2D eigenvalue weighted by Crippen LogP contribution is 2.22. The molecular formula is C12H16FNO2. The predicted octanol–water partition coefficient (Wildman–Crippen LogP) is 2.67. The lowest BCUT2D eigenvalue weighted by Crippen LogP contribution is -2.25. The zero-order chi connectivity index (χ0) is 12.5. The number of nitrogens with two attached hydrogens (primary N) is 1. The number of carbonyl (C=O) groups is 1. The number of carbonyl (C=O) groups excluding carboxylic acids is 1. The lowest BCUT2D eigenvalue weighted by Gasteiger charge is -2.20. The Morgan fingerprint density at radius 3 is 2.44 bits per heavy atom. The second-order valence-corrected chi connectivity index (χ2v) is 4.66. The van der Waals surface area contributed by atoms with Crippen molar-refractivity contribution in [3.63, 3.8) is 0 Å². The van der Waals surface area contributed by atoms with Crippen LogP contribution in [0.1, 0.15) is 36.7 Å². The molecule has 16 heavy (non-hydrogen) atoms. The molecule has 2 N–H and O–H groups in total. The molecule has 0 radical (unpaired) electrons. The van der Waals surface area contributed by atoms with Crippen molar-refractivity contribution in [1.29, 1.82) is 0 Å². The largest absolute Gasteiger partial charge is 0.456 e. The van der Waals surface area contributed by atoms with Crippen LogP contribution in [0, 0.1) is 12.7 Å². The summed E-state index contributed by atoms with van der Waals surface area (Å²) >= 11 is 0. The molecule has 1 rings (SSSR count). The van der Waals surface area contributed by atoms with Gasteiger partial charge in [0, 0.05) is 5.69 Å². The van der Waals surface area contributed by atoms with Crippen LogP contribution in [0.25, 0.3) is 0 Å². The van der Waals surface area contributed by atoms with E-state index in [1.165, 1.54) is 12.1 Å². The molecule has 0 spiro atoms. The van der Waals surface area contributed by atoms with Gasteiger partial charge in [-0.05, 0) is 39.3 Å². The number of hydrogen-bond acceptors (Lipinski definition) is 3. The van der Waals surface area contributed by atoms with E-state index < -0.39 is 17.4 Å². The highest BCUT2D eigenvalue weighted by molar-refractivity contribution is 5.95. The van der Waals surface area contributed by atoms with Crippen LogP contribution in [-0.2, 0) is 4.74 Å². The van der Waals surface area contributed by atoms with Gasteiger partial charge in [0.2, 0.25) is 0 Å². The van der Waals surface area contributed by atoms with E-state index in [0.29, 0.717) is 5.56 Å². The third-order valence-electron chi connectivity index (χ3n) is 1.97. The average molecular weight is 225 g/mol. The van der Waals surface area contributed by atoms with Crippen LogP contribution in [-0.4, -0.2) is 11.6 Å². The minimum absolute atomic E-state index is 0.0948. The van der Waals surface area contributed by atoms with Gasteiger partial charge in [-0.15, -0.1) is 0 Å². The van der Waals surface area contributed by atoms with E-state index in [-0.39, 0.29) is 11.3 Å². The molecule has 0 saturated heterocycles. The van der Waals surface area contributed by atoms with Crippen LogP contribution in [0.4, 0.5) is 10.1 Å². The summed E-state index contributed by atoms with van der Waals surface area (Å²) in [4.78, 5) is 11.7. The zero-order valence-corrected chi connectivity index (χ0v) is 9.93. The monoisotopic (exact) mass is 225 g/mol. The highest BCUT2D eigenvalue weighted by atomic mass is 19.1. The molecule has 4 heteroatoms. The fourth-order valence-corrected chi connectivity index (χ4v) is 1.23. The molecule has 0 aliphatic heterocycles. The molecule has 88 valence electrons. The molecule has 0 fully saturated rings. The van der Waals surface area contributed by atoms with Gasteiger partial charge in [0.15, 0.2) is 0 Å². The molecule has 0 amide bonds. The summed E-state index contributed by atoms with van der Waals surface area (Å²) in [6, 6.07) is 3.02. The van der Waals surface area contributed by atoms with E-state index in [0.717, 1.165) is 0 Å². The average Bonchev–Trinajstić information content (AvgIpc) is 2.09. The van der Waals surface area contributed by atoms with E-state index in [2.05, 4.69) is 0 Å². The minimum Gasteiger partial charge on any atom is -0.456 e.